The summed E-state index contributed by atoms with van der Waals surface area (Å²) >= 11 is 0. The zero-order valence-corrected chi connectivity index (χ0v) is 10.8. The van der Waals surface area contributed by atoms with Crippen LogP contribution < -0.4 is 0 Å². The molecule has 0 amide bonds. The van der Waals surface area contributed by atoms with E-state index < -0.39 is 0 Å². The highest BCUT2D eigenvalue weighted by atomic mass is 14.1. The van der Waals surface area contributed by atoms with Crippen LogP contribution >= 0.6 is 0 Å². The minimum atomic E-state index is 0.941. The van der Waals surface area contributed by atoms with E-state index in [0.717, 1.165) is 11.8 Å². The van der Waals surface area contributed by atoms with Crippen LogP contribution in [0.15, 0.2) is 0 Å². The first-order valence-corrected chi connectivity index (χ1v) is 6.74. The third-order valence-corrected chi connectivity index (χ3v) is 3.43. The Hall–Kier alpha value is 0. The van der Waals surface area contributed by atoms with Gasteiger partial charge in [0.15, 0.2) is 0 Å². The van der Waals surface area contributed by atoms with E-state index in [1.165, 1.54) is 51.4 Å². The highest BCUT2D eigenvalue weighted by Crippen LogP contribution is 2.23. The second-order valence-corrected chi connectivity index (χ2v) is 4.89. The smallest absolute Gasteiger partial charge is 0.0414 e. The molecule has 0 bridgehead atoms. The highest BCUT2D eigenvalue weighted by Gasteiger charge is 2.08. The lowest BCUT2D eigenvalue weighted by atomic mass is 9.89. The second-order valence-electron chi connectivity index (χ2n) is 4.89. The molecule has 0 aromatic heterocycles. The van der Waals surface area contributed by atoms with Crippen molar-refractivity contribution in [3.8, 4) is 0 Å². The van der Waals surface area contributed by atoms with Gasteiger partial charge in [0.1, 0.15) is 0 Å². The van der Waals surface area contributed by atoms with Crippen molar-refractivity contribution in [1.82, 2.24) is 0 Å². The molecule has 2 atom stereocenters. The first kappa shape index (κ1) is 14.0. The Morgan fingerprint density at radius 1 is 0.786 bits per heavy atom. The first-order chi connectivity index (χ1) is 6.74. The first-order valence-electron chi connectivity index (χ1n) is 6.74. The van der Waals surface area contributed by atoms with Crippen molar-refractivity contribution in [3.05, 3.63) is 0 Å². The van der Waals surface area contributed by atoms with Crippen LogP contribution in [0.25, 0.3) is 0 Å². The van der Waals surface area contributed by atoms with Crippen molar-refractivity contribution in [1.29, 1.82) is 0 Å². The van der Waals surface area contributed by atoms with Crippen LogP contribution in [0.4, 0.5) is 0 Å². The van der Waals surface area contributed by atoms with Crippen LogP contribution in [0.1, 0.15) is 79.1 Å². The molecule has 0 aliphatic heterocycles. The summed E-state index contributed by atoms with van der Waals surface area (Å²) in [4.78, 5) is 0. The van der Waals surface area contributed by atoms with E-state index >= 15 is 0 Å². The minimum Gasteiger partial charge on any atom is -0.0654 e. The third-order valence-electron chi connectivity index (χ3n) is 3.43. The SMILES string of the molecule is CCCC[C@H](CCC)CCC(C)CC. The molecule has 0 aromatic carbocycles. The Morgan fingerprint density at radius 2 is 1.50 bits per heavy atom. The molecule has 0 saturated carbocycles. The van der Waals surface area contributed by atoms with Crippen LogP contribution in [0.2, 0.25) is 0 Å². The molecule has 0 fully saturated rings. The van der Waals surface area contributed by atoms with Crippen LogP contribution in [0.5, 0.6) is 0 Å². The summed E-state index contributed by atoms with van der Waals surface area (Å²) in [7, 11) is 0. The normalized spacial score (nSPS) is 15.4. The summed E-state index contributed by atoms with van der Waals surface area (Å²) in [6, 6.07) is 0. The highest BCUT2D eigenvalue weighted by molar-refractivity contribution is 4.61. The van der Waals surface area contributed by atoms with E-state index in [-0.39, 0.29) is 0 Å². The molecule has 0 saturated heterocycles. The van der Waals surface area contributed by atoms with Crippen molar-refractivity contribution in [2.75, 3.05) is 0 Å². The maximum absolute atomic E-state index is 2.39. The average Bonchev–Trinajstić information content (AvgIpc) is 2.21. The maximum atomic E-state index is 2.39. The van der Waals surface area contributed by atoms with Gasteiger partial charge in [-0.15, -0.1) is 0 Å². The molecule has 86 valence electrons. The molecule has 1 unspecified atom stereocenters. The summed E-state index contributed by atoms with van der Waals surface area (Å²) in [5.41, 5.74) is 0. The third kappa shape index (κ3) is 7.41. The molecule has 0 nitrogen and oxygen atoms in total. The summed E-state index contributed by atoms with van der Waals surface area (Å²) in [6.07, 6.45) is 11.4. The molecule has 0 N–H and O–H groups in total. The van der Waals surface area contributed by atoms with Gasteiger partial charge in [-0.05, 0) is 11.8 Å². The van der Waals surface area contributed by atoms with Gasteiger partial charge < -0.3 is 0 Å². The van der Waals surface area contributed by atoms with E-state index in [9.17, 15) is 0 Å². The van der Waals surface area contributed by atoms with E-state index in [1.807, 2.05) is 0 Å². The Kier molecular flexibility index (Phi) is 9.55. The molecule has 0 aliphatic carbocycles. The Balaban J connectivity index is 3.60. The Labute approximate surface area is 91.5 Å². The molecule has 0 aliphatic rings. The van der Waals surface area contributed by atoms with Gasteiger partial charge >= 0.3 is 0 Å². The molecular weight excluding hydrogens is 168 g/mol. The Morgan fingerprint density at radius 3 is 2.00 bits per heavy atom. The lowest BCUT2D eigenvalue weighted by Crippen LogP contribution is -2.03. The zero-order valence-electron chi connectivity index (χ0n) is 10.8. The van der Waals surface area contributed by atoms with Crippen molar-refractivity contribution >= 4 is 0 Å². The van der Waals surface area contributed by atoms with E-state index in [4.69, 9.17) is 0 Å². The summed E-state index contributed by atoms with van der Waals surface area (Å²) in [5, 5.41) is 0. The monoisotopic (exact) mass is 198 g/mol. The van der Waals surface area contributed by atoms with Gasteiger partial charge in [0.2, 0.25) is 0 Å². The average molecular weight is 198 g/mol. The standard InChI is InChI=1S/C14H30/c1-5-8-10-14(9-6-2)12-11-13(4)7-3/h13-14H,5-12H2,1-4H3/t13?,14-/m0/s1. The molecule has 0 heteroatoms. The largest absolute Gasteiger partial charge is 0.0654 e. The molecule has 0 radical (unpaired) electrons. The van der Waals surface area contributed by atoms with E-state index in [0.29, 0.717) is 0 Å². The van der Waals surface area contributed by atoms with Gasteiger partial charge in [0, 0.05) is 0 Å². The van der Waals surface area contributed by atoms with E-state index in [1.54, 1.807) is 0 Å². The van der Waals surface area contributed by atoms with Gasteiger partial charge in [0.05, 0.1) is 0 Å². The lowest BCUT2D eigenvalue weighted by molar-refractivity contribution is 0.355. The van der Waals surface area contributed by atoms with Crippen LogP contribution in [0.3, 0.4) is 0 Å². The zero-order chi connectivity index (χ0) is 10.8. The number of unbranched alkanes of at least 4 members (excludes halogenated alkanes) is 1. The van der Waals surface area contributed by atoms with Crippen molar-refractivity contribution in [2.45, 2.75) is 79.1 Å². The summed E-state index contributed by atoms with van der Waals surface area (Å²) in [5.74, 6) is 1.96. The number of hydrogen-bond acceptors (Lipinski definition) is 0. The van der Waals surface area contributed by atoms with Gasteiger partial charge in [-0.2, -0.15) is 0 Å². The lowest BCUT2D eigenvalue weighted by Gasteiger charge is -2.17. The van der Waals surface area contributed by atoms with Crippen molar-refractivity contribution < 1.29 is 0 Å². The van der Waals surface area contributed by atoms with Gasteiger partial charge in [0.25, 0.3) is 0 Å². The van der Waals surface area contributed by atoms with Gasteiger partial charge in [-0.3, -0.25) is 0 Å². The fourth-order valence-electron chi connectivity index (χ4n) is 2.06. The maximum Gasteiger partial charge on any atom is -0.0414 e. The Bertz CT molecular complexity index is 107. The van der Waals surface area contributed by atoms with Gasteiger partial charge in [-0.25, -0.2) is 0 Å². The second kappa shape index (κ2) is 9.55. The van der Waals surface area contributed by atoms with Crippen molar-refractivity contribution in [2.24, 2.45) is 11.8 Å². The summed E-state index contributed by atoms with van der Waals surface area (Å²) in [6.45, 7) is 9.33. The molecule has 0 spiro atoms. The number of hydrogen-bond donors (Lipinski definition) is 0. The predicted molar refractivity (Wildman–Crippen MR) is 66.6 cm³/mol. The van der Waals surface area contributed by atoms with Crippen molar-refractivity contribution in [3.63, 3.8) is 0 Å². The quantitative estimate of drug-likeness (QED) is 0.464. The van der Waals surface area contributed by atoms with Gasteiger partial charge in [-0.1, -0.05) is 79.1 Å². The predicted octanol–water partition coefficient (Wildman–Crippen LogP) is 5.42. The molecule has 0 rings (SSSR count). The molecular formula is C14H30. The molecule has 0 aromatic rings. The number of rotatable bonds is 9. The van der Waals surface area contributed by atoms with Crippen LogP contribution in [-0.2, 0) is 0 Å². The minimum absolute atomic E-state index is 0.941. The molecule has 0 heterocycles. The van der Waals surface area contributed by atoms with Crippen LogP contribution in [0, 0.1) is 11.8 Å². The topological polar surface area (TPSA) is 0 Å². The van der Waals surface area contributed by atoms with Crippen LogP contribution in [-0.4, -0.2) is 0 Å². The molecule has 14 heavy (non-hydrogen) atoms. The fourth-order valence-corrected chi connectivity index (χ4v) is 2.06. The van der Waals surface area contributed by atoms with E-state index in [2.05, 4.69) is 27.7 Å². The fraction of sp³-hybridized carbons (Fsp3) is 1.00. The summed E-state index contributed by atoms with van der Waals surface area (Å²) < 4.78 is 0.